The van der Waals surface area contributed by atoms with Gasteiger partial charge in [-0.3, -0.25) is 4.79 Å². The molecule has 0 amide bonds. The van der Waals surface area contributed by atoms with Crippen LogP contribution < -0.4 is 10.2 Å². The first-order valence-electron chi connectivity index (χ1n) is 9.53. The van der Waals surface area contributed by atoms with Crippen molar-refractivity contribution in [3.05, 3.63) is 111 Å². The second-order valence-corrected chi connectivity index (χ2v) is 6.89. The van der Waals surface area contributed by atoms with E-state index in [9.17, 15) is 4.79 Å². The second kappa shape index (κ2) is 8.50. The van der Waals surface area contributed by atoms with E-state index in [0.29, 0.717) is 18.2 Å². The Morgan fingerprint density at radius 3 is 2.48 bits per heavy atom. The van der Waals surface area contributed by atoms with Gasteiger partial charge in [0.15, 0.2) is 5.43 Å². The highest BCUT2D eigenvalue weighted by Gasteiger charge is 2.07. The molecule has 4 rings (SSSR count). The topological polar surface area (TPSA) is 42.1 Å². The first-order chi connectivity index (χ1) is 14.2. The molecule has 0 radical (unpaired) electrons. The molecule has 4 aromatic rings. The van der Waals surface area contributed by atoms with E-state index in [4.69, 9.17) is 4.74 Å². The van der Waals surface area contributed by atoms with Crippen molar-refractivity contribution in [3.8, 4) is 17.6 Å². The molecule has 0 atom stereocenters. The summed E-state index contributed by atoms with van der Waals surface area (Å²) in [5.74, 6) is 7.18. The van der Waals surface area contributed by atoms with Crippen LogP contribution in [0.5, 0.6) is 5.75 Å². The van der Waals surface area contributed by atoms with Gasteiger partial charge >= 0.3 is 0 Å². The molecule has 3 nitrogen and oxygen atoms in total. The number of H-pyrrole nitrogens is 1. The third-order valence-corrected chi connectivity index (χ3v) is 4.88. The van der Waals surface area contributed by atoms with Crippen LogP contribution in [0.25, 0.3) is 10.9 Å². The minimum atomic E-state index is 0.0428. The number of benzene rings is 3. The fraction of sp³-hybridized carbons (Fsp3) is 0.115. The highest BCUT2D eigenvalue weighted by atomic mass is 16.5. The third-order valence-electron chi connectivity index (χ3n) is 4.88. The highest BCUT2D eigenvalue weighted by molar-refractivity contribution is 5.80. The van der Waals surface area contributed by atoms with Gasteiger partial charge in [0.2, 0.25) is 0 Å². The van der Waals surface area contributed by atoms with Crippen molar-refractivity contribution in [2.24, 2.45) is 0 Å². The summed E-state index contributed by atoms with van der Waals surface area (Å²) in [5, 5.41) is 0.669. The molecule has 0 aliphatic heterocycles. The monoisotopic (exact) mass is 379 g/mol. The van der Waals surface area contributed by atoms with Crippen molar-refractivity contribution in [2.75, 3.05) is 7.11 Å². The van der Waals surface area contributed by atoms with Crippen LogP contribution in [0.4, 0.5) is 0 Å². The van der Waals surface area contributed by atoms with Gasteiger partial charge < -0.3 is 9.72 Å². The fourth-order valence-corrected chi connectivity index (χ4v) is 3.28. The summed E-state index contributed by atoms with van der Waals surface area (Å²) in [7, 11) is 1.64. The van der Waals surface area contributed by atoms with E-state index in [1.54, 1.807) is 13.3 Å². The maximum atomic E-state index is 13.0. The molecule has 29 heavy (non-hydrogen) atoms. The number of pyridine rings is 1. The number of hydrogen-bond acceptors (Lipinski definition) is 2. The average molecular weight is 379 g/mol. The third kappa shape index (κ3) is 4.39. The van der Waals surface area contributed by atoms with E-state index in [0.717, 1.165) is 28.0 Å². The summed E-state index contributed by atoms with van der Waals surface area (Å²) in [6.45, 7) is 0. The molecule has 0 saturated heterocycles. The zero-order chi connectivity index (χ0) is 20.1. The molecule has 1 N–H and O–H groups in total. The molecule has 0 spiro atoms. The Morgan fingerprint density at radius 2 is 1.72 bits per heavy atom. The van der Waals surface area contributed by atoms with Crippen LogP contribution in [0.3, 0.4) is 0 Å². The maximum absolute atomic E-state index is 13.0. The second-order valence-electron chi connectivity index (χ2n) is 6.89. The van der Waals surface area contributed by atoms with Crippen LogP contribution in [-0.2, 0) is 12.8 Å². The standard InChI is InChI=1S/C26H21NO2/c1-29-23-13-10-21(11-14-23)16-22-18-27-25-15-12-20(17-24(25)26(22)28)9-5-8-19-6-3-2-4-7-19/h2-4,6-7,10-15,17-18H,8,16H2,1H3,(H,27,28). The Morgan fingerprint density at radius 1 is 0.931 bits per heavy atom. The lowest BCUT2D eigenvalue weighted by Gasteiger charge is -2.05. The lowest BCUT2D eigenvalue weighted by Crippen LogP contribution is -2.10. The Hall–Kier alpha value is -3.77. The Balaban J connectivity index is 1.60. The molecule has 0 bridgehead atoms. The lowest BCUT2D eigenvalue weighted by atomic mass is 10.0. The minimum Gasteiger partial charge on any atom is -0.497 e. The average Bonchev–Trinajstić information content (AvgIpc) is 2.77. The summed E-state index contributed by atoms with van der Waals surface area (Å²) >= 11 is 0. The summed E-state index contributed by atoms with van der Waals surface area (Å²) in [5.41, 5.74) is 4.69. The fourth-order valence-electron chi connectivity index (χ4n) is 3.28. The first-order valence-corrected chi connectivity index (χ1v) is 9.53. The number of aromatic amines is 1. The largest absolute Gasteiger partial charge is 0.497 e. The zero-order valence-corrected chi connectivity index (χ0v) is 16.2. The highest BCUT2D eigenvalue weighted by Crippen LogP contribution is 2.16. The number of aromatic nitrogens is 1. The molecule has 3 heteroatoms. The summed E-state index contributed by atoms with van der Waals surface area (Å²) in [6.07, 6.45) is 3.06. The lowest BCUT2D eigenvalue weighted by molar-refractivity contribution is 0.414. The van der Waals surface area contributed by atoms with Crippen LogP contribution in [-0.4, -0.2) is 12.1 Å². The van der Waals surface area contributed by atoms with Gasteiger partial charge in [-0.1, -0.05) is 54.3 Å². The van der Waals surface area contributed by atoms with Crippen molar-refractivity contribution in [1.82, 2.24) is 4.98 Å². The summed E-state index contributed by atoms with van der Waals surface area (Å²) in [6, 6.07) is 23.7. The summed E-state index contributed by atoms with van der Waals surface area (Å²) < 4.78 is 5.19. The number of rotatable bonds is 4. The Labute approximate surface area is 170 Å². The van der Waals surface area contributed by atoms with E-state index >= 15 is 0 Å². The maximum Gasteiger partial charge on any atom is 0.192 e. The van der Waals surface area contributed by atoms with Crippen molar-refractivity contribution in [3.63, 3.8) is 0 Å². The summed E-state index contributed by atoms with van der Waals surface area (Å²) in [4.78, 5) is 16.2. The number of fused-ring (bicyclic) bond motifs is 1. The predicted octanol–water partition coefficient (Wildman–Crippen LogP) is 4.72. The molecule has 0 saturated carbocycles. The predicted molar refractivity (Wildman–Crippen MR) is 117 cm³/mol. The van der Waals surface area contributed by atoms with Gasteiger partial charge in [0.05, 0.1) is 7.11 Å². The SMILES string of the molecule is COc1ccc(Cc2c[nH]c3ccc(C#CCc4ccccc4)cc3c2=O)cc1. The molecule has 142 valence electrons. The van der Waals surface area contributed by atoms with E-state index in [1.807, 2.05) is 60.7 Å². The van der Waals surface area contributed by atoms with Crippen LogP contribution >= 0.6 is 0 Å². The zero-order valence-electron chi connectivity index (χ0n) is 16.2. The molecular formula is C26H21NO2. The normalized spacial score (nSPS) is 10.4. The van der Waals surface area contributed by atoms with E-state index in [-0.39, 0.29) is 5.43 Å². The van der Waals surface area contributed by atoms with Crippen LogP contribution in [0, 0.1) is 11.8 Å². The van der Waals surface area contributed by atoms with Crippen molar-refractivity contribution in [2.45, 2.75) is 12.8 Å². The van der Waals surface area contributed by atoms with Crippen LogP contribution in [0.2, 0.25) is 0 Å². The van der Waals surface area contributed by atoms with Gasteiger partial charge in [-0.15, -0.1) is 0 Å². The minimum absolute atomic E-state index is 0.0428. The molecule has 0 fully saturated rings. The molecular weight excluding hydrogens is 358 g/mol. The van der Waals surface area contributed by atoms with Gasteiger partial charge in [0.1, 0.15) is 5.75 Å². The number of methoxy groups -OCH3 is 1. The Bertz CT molecular complexity index is 1240. The quantitative estimate of drug-likeness (QED) is 0.521. The van der Waals surface area contributed by atoms with Crippen LogP contribution in [0.1, 0.15) is 22.3 Å². The van der Waals surface area contributed by atoms with Gasteiger partial charge in [0, 0.05) is 41.1 Å². The van der Waals surface area contributed by atoms with Crippen molar-refractivity contribution < 1.29 is 4.74 Å². The van der Waals surface area contributed by atoms with E-state index in [1.165, 1.54) is 5.56 Å². The van der Waals surface area contributed by atoms with Crippen molar-refractivity contribution in [1.29, 1.82) is 0 Å². The van der Waals surface area contributed by atoms with Gasteiger partial charge in [0.25, 0.3) is 0 Å². The smallest absolute Gasteiger partial charge is 0.192 e. The molecule has 1 aromatic heterocycles. The number of hydrogen-bond donors (Lipinski definition) is 1. The van der Waals surface area contributed by atoms with Crippen LogP contribution in [0.15, 0.2) is 83.8 Å². The molecule has 0 unspecified atom stereocenters. The van der Waals surface area contributed by atoms with Crippen molar-refractivity contribution >= 4 is 10.9 Å². The molecule has 0 aliphatic rings. The molecule has 3 aromatic carbocycles. The van der Waals surface area contributed by atoms with Gasteiger partial charge in [-0.05, 0) is 41.5 Å². The molecule has 1 heterocycles. The van der Waals surface area contributed by atoms with E-state index in [2.05, 4.69) is 29.0 Å². The van der Waals surface area contributed by atoms with Gasteiger partial charge in [-0.2, -0.15) is 0 Å². The Kier molecular flexibility index (Phi) is 5.45. The molecule has 0 aliphatic carbocycles. The number of ether oxygens (including phenoxy) is 1. The van der Waals surface area contributed by atoms with E-state index < -0.39 is 0 Å². The first kappa shape index (κ1) is 18.6. The van der Waals surface area contributed by atoms with Gasteiger partial charge in [-0.25, -0.2) is 0 Å². The number of nitrogens with one attached hydrogen (secondary N) is 1.